The highest BCUT2D eigenvalue weighted by Gasteiger charge is 2.43. The monoisotopic (exact) mass is 624 g/mol. The fraction of sp³-hybridized carbons (Fsp3) is 0.600. The van der Waals surface area contributed by atoms with Crippen molar-refractivity contribution >= 4 is 72.9 Å². The minimum absolute atomic E-state index is 0.00737. The minimum atomic E-state index is -2.19. The Kier molecular flexibility index (Phi) is 11.1. The van der Waals surface area contributed by atoms with Crippen molar-refractivity contribution in [3.63, 3.8) is 0 Å². The number of carbonyl (C=O) groups excluding carboxylic acids is 4. The Labute approximate surface area is 244 Å². The summed E-state index contributed by atoms with van der Waals surface area (Å²) in [6, 6.07) is 2.32. The molecule has 1 aliphatic rings. The maximum absolute atomic E-state index is 14.0. The van der Waals surface area contributed by atoms with Gasteiger partial charge in [0.1, 0.15) is 6.61 Å². The molecular weight excluding hydrogens is 591 g/mol. The van der Waals surface area contributed by atoms with Crippen LogP contribution in [0.3, 0.4) is 0 Å². The highest BCUT2D eigenvalue weighted by molar-refractivity contribution is 6.74. The van der Waals surface area contributed by atoms with Crippen molar-refractivity contribution < 1.29 is 37.8 Å². The molecule has 14 heteroatoms. The highest BCUT2D eigenvalue weighted by Crippen LogP contribution is 2.39. The Morgan fingerprint density at radius 1 is 1.10 bits per heavy atom. The minimum Gasteiger partial charge on any atom is -0.493 e. The van der Waals surface area contributed by atoms with Gasteiger partial charge in [-0.25, -0.2) is 4.79 Å². The molecule has 0 radical (unpaired) electrons. The van der Waals surface area contributed by atoms with Crippen molar-refractivity contribution in [2.75, 3.05) is 39.3 Å². The van der Waals surface area contributed by atoms with Crippen LogP contribution in [-0.2, 0) is 18.8 Å². The van der Waals surface area contributed by atoms with Gasteiger partial charge in [0.05, 0.1) is 38.1 Å². The number of hydrogen-bond acceptors (Lipinski definition) is 8. The molecule has 2 amide bonds. The molecule has 0 saturated carbocycles. The van der Waals surface area contributed by atoms with E-state index in [4.69, 9.17) is 53.4 Å². The molecule has 0 aromatic heterocycles. The summed E-state index contributed by atoms with van der Waals surface area (Å²) in [6.45, 7) is 10.1. The first-order valence-corrected chi connectivity index (χ1v) is 16.2. The van der Waals surface area contributed by atoms with Crippen LogP contribution in [0.5, 0.6) is 11.5 Å². The van der Waals surface area contributed by atoms with E-state index in [2.05, 4.69) is 39.2 Å². The Morgan fingerprint density at radius 2 is 1.69 bits per heavy atom. The van der Waals surface area contributed by atoms with Gasteiger partial charge in [0.25, 0.3) is 5.91 Å². The van der Waals surface area contributed by atoms with E-state index in [-0.39, 0.29) is 53.6 Å². The van der Waals surface area contributed by atoms with E-state index >= 15 is 0 Å². The molecule has 1 aliphatic heterocycles. The molecule has 39 heavy (non-hydrogen) atoms. The summed E-state index contributed by atoms with van der Waals surface area (Å²) in [7, 11) is 0.606. The molecule has 2 rings (SSSR count). The van der Waals surface area contributed by atoms with Crippen LogP contribution < -0.4 is 14.8 Å². The fourth-order valence-electron chi connectivity index (χ4n) is 3.75. The molecule has 1 N–H and O–H groups in total. The predicted octanol–water partition coefficient (Wildman–Crippen LogP) is 5.24. The Bertz CT molecular complexity index is 1090. The van der Waals surface area contributed by atoms with Gasteiger partial charge in [0.2, 0.25) is 3.79 Å². The molecule has 218 valence electrons. The first kappa shape index (κ1) is 33.2. The zero-order chi connectivity index (χ0) is 29.8. The number of alkyl halides is 3. The lowest BCUT2D eigenvalue weighted by atomic mass is 10.0. The molecule has 2 atom stereocenters. The molecule has 10 nitrogen and oxygen atoms in total. The van der Waals surface area contributed by atoms with Crippen molar-refractivity contribution in [2.45, 2.75) is 55.2 Å². The largest absolute Gasteiger partial charge is 0.493 e. The predicted molar refractivity (Wildman–Crippen MR) is 152 cm³/mol. The quantitative estimate of drug-likeness (QED) is 0.162. The van der Waals surface area contributed by atoms with Gasteiger partial charge in [-0.1, -0.05) is 55.6 Å². The van der Waals surface area contributed by atoms with Crippen LogP contribution in [0.4, 0.5) is 10.5 Å². The summed E-state index contributed by atoms with van der Waals surface area (Å²) in [4.78, 5) is 51.4. The zero-order valence-electron chi connectivity index (χ0n) is 23.1. The van der Waals surface area contributed by atoms with E-state index in [9.17, 15) is 19.2 Å². The van der Waals surface area contributed by atoms with Crippen molar-refractivity contribution in [3.8, 4) is 11.5 Å². The third kappa shape index (κ3) is 8.71. The van der Waals surface area contributed by atoms with Gasteiger partial charge >= 0.3 is 6.09 Å². The maximum atomic E-state index is 14.0. The van der Waals surface area contributed by atoms with Crippen LogP contribution in [0.25, 0.3) is 0 Å². The van der Waals surface area contributed by atoms with Gasteiger partial charge in [-0.15, -0.1) is 0 Å². The lowest BCUT2D eigenvalue weighted by Gasteiger charge is -2.38. The smallest absolute Gasteiger partial charge is 0.411 e. The zero-order valence-corrected chi connectivity index (χ0v) is 26.3. The van der Waals surface area contributed by atoms with Gasteiger partial charge in [-0.3, -0.25) is 19.7 Å². The van der Waals surface area contributed by atoms with E-state index < -0.39 is 48.5 Å². The lowest BCUT2D eigenvalue weighted by Crippen LogP contribution is -2.46. The van der Waals surface area contributed by atoms with Crippen molar-refractivity contribution in [3.05, 3.63) is 17.7 Å². The normalized spacial score (nSPS) is 17.9. The number of Topliss-reactive ketones (excluding diaryl/α,β-unsaturated/α-hetero) is 1. The second-order valence-corrected chi connectivity index (χ2v) is 18.0. The second-order valence-electron chi connectivity index (χ2n) is 10.7. The average molecular weight is 626 g/mol. The molecule has 1 heterocycles. The van der Waals surface area contributed by atoms with Gasteiger partial charge in [0, 0.05) is 18.5 Å². The number of ether oxygens (including phenoxy) is 3. The van der Waals surface area contributed by atoms with Crippen molar-refractivity contribution in [1.29, 1.82) is 0 Å². The van der Waals surface area contributed by atoms with Gasteiger partial charge < -0.3 is 23.5 Å². The van der Waals surface area contributed by atoms with E-state index in [1.165, 1.54) is 31.3 Å². The van der Waals surface area contributed by atoms with Crippen molar-refractivity contribution in [2.24, 2.45) is 5.92 Å². The van der Waals surface area contributed by atoms with E-state index in [0.717, 1.165) is 0 Å². The van der Waals surface area contributed by atoms with Crippen LogP contribution in [0.2, 0.25) is 18.1 Å². The Hall–Kier alpha value is -2.05. The summed E-state index contributed by atoms with van der Waals surface area (Å²) in [5, 5.41) is 2.40. The number of anilines is 1. The molecule has 0 spiro atoms. The van der Waals surface area contributed by atoms with E-state index in [1.54, 1.807) is 0 Å². The molecule has 1 aromatic carbocycles. The van der Waals surface area contributed by atoms with Crippen molar-refractivity contribution in [1.82, 2.24) is 4.90 Å². The number of likely N-dealkylation sites (tertiary alicyclic amines) is 1. The molecule has 0 unspecified atom stereocenters. The molecular formula is C25H35Cl3N2O8Si. The first-order chi connectivity index (χ1) is 17.9. The number of halogens is 3. The number of rotatable bonds is 10. The summed E-state index contributed by atoms with van der Waals surface area (Å²) < 4.78 is 20.2. The van der Waals surface area contributed by atoms with Crippen LogP contribution in [-0.4, -0.2) is 81.1 Å². The number of methoxy groups -OCH3 is 2. The second kappa shape index (κ2) is 13.1. The number of ketones is 1. The van der Waals surface area contributed by atoms with Crippen LogP contribution in [0.15, 0.2) is 12.1 Å². The van der Waals surface area contributed by atoms with Gasteiger partial charge in [-0.05, 0) is 30.6 Å². The van der Waals surface area contributed by atoms with Gasteiger partial charge in [-0.2, -0.15) is 0 Å². The van der Waals surface area contributed by atoms with E-state index in [1.807, 2.05) is 0 Å². The first-order valence-electron chi connectivity index (χ1n) is 12.1. The Morgan fingerprint density at radius 3 is 2.21 bits per heavy atom. The topological polar surface area (TPSA) is 120 Å². The van der Waals surface area contributed by atoms with Crippen LogP contribution in [0, 0.1) is 5.92 Å². The Balaban J connectivity index is 2.45. The van der Waals surface area contributed by atoms with Gasteiger partial charge in [0.15, 0.2) is 31.9 Å². The SMILES string of the molecule is COc1cc(NC(=O)OCC(Cl)(Cl)Cl)c(C(=O)N2C[C@H](C(=O)C=O)C[C@H]2CO[Si](C)(C)C(C)(C)C)cc1OC. The molecule has 0 bridgehead atoms. The molecule has 1 saturated heterocycles. The third-order valence-corrected chi connectivity index (χ3v) is 11.8. The lowest BCUT2D eigenvalue weighted by molar-refractivity contribution is -0.132. The summed E-state index contributed by atoms with van der Waals surface area (Å²) in [6.07, 6.45) is -0.441. The van der Waals surface area contributed by atoms with E-state index in [0.29, 0.717) is 0 Å². The number of carbonyl (C=O) groups is 4. The molecule has 1 aromatic rings. The fourth-order valence-corrected chi connectivity index (χ4v) is 4.96. The molecule has 1 fully saturated rings. The standard InChI is InChI=1S/C25H35Cl3N2O8Si/c1-24(2,3)39(6,7)38-13-16-8-15(19(32)12-31)11-30(16)22(33)17-9-20(35-4)21(36-5)10-18(17)29-23(34)37-14-25(26,27)28/h9-10,12,15-16H,8,11,13-14H2,1-7H3,(H,29,34)/t15-,16+/m1/s1. The average Bonchev–Trinajstić information content (AvgIpc) is 3.28. The maximum Gasteiger partial charge on any atom is 0.411 e. The number of aldehydes is 1. The number of nitrogens with zero attached hydrogens (tertiary/aromatic N) is 1. The third-order valence-electron chi connectivity index (χ3n) is 6.99. The number of amides is 2. The van der Waals surface area contributed by atoms with Crippen LogP contribution >= 0.6 is 34.8 Å². The summed E-state index contributed by atoms with van der Waals surface area (Å²) in [5.74, 6) is -1.32. The number of hydrogen-bond donors (Lipinski definition) is 1. The highest BCUT2D eigenvalue weighted by atomic mass is 35.6. The van der Waals surface area contributed by atoms with Crippen LogP contribution in [0.1, 0.15) is 37.6 Å². The number of benzene rings is 1. The summed E-state index contributed by atoms with van der Waals surface area (Å²) >= 11 is 17.0. The molecule has 0 aliphatic carbocycles. The summed E-state index contributed by atoms with van der Waals surface area (Å²) in [5.41, 5.74) is 0.0798. The number of nitrogens with one attached hydrogen (secondary N) is 1.